The minimum absolute atomic E-state index is 0.136. The molecule has 0 saturated carbocycles. The van der Waals surface area contributed by atoms with Crippen LogP contribution in [0.3, 0.4) is 0 Å². The molecule has 1 atom stereocenters. The van der Waals surface area contributed by atoms with E-state index in [1.54, 1.807) is 6.92 Å². The summed E-state index contributed by atoms with van der Waals surface area (Å²) in [6.45, 7) is 3.82. The number of carbonyl (C=O) groups is 2. The average Bonchev–Trinajstić information content (AvgIpc) is 2.01. The molecule has 6 nitrogen and oxygen atoms in total. The molecule has 0 aromatic heterocycles. The number of hydrogen-bond donors (Lipinski definition) is 2. The molecule has 15 heavy (non-hydrogen) atoms. The quantitative estimate of drug-likeness (QED) is 0.497. The van der Waals surface area contributed by atoms with E-state index in [9.17, 15) is 19.8 Å². The predicted octanol–water partition coefficient (Wildman–Crippen LogP) is -0.0803. The molecular weight excluding hydrogens is 204 g/mol. The van der Waals surface area contributed by atoms with Crippen molar-refractivity contribution in [3.8, 4) is 0 Å². The molecule has 0 aliphatic rings. The molecular formula is C9H16O6. The van der Waals surface area contributed by atoms with Gasteiger partial charge >= 0.3 is 17.9 Å². The van der Waals surface area contributed by atoms with Gasteiger partial charge in [-0.25, -0.2) is 0 Å². The first-order chi connectivity index (χ1) is 6.81. The van der Waals surface area contributed by atoms with Crippen LogP contribution in [0.4, 0.5) is 0 Å². The second-order valence-electron chi connectivity index (χ2n) is 3.12. The van der Waals surface area contributed by atoms with Gasteiger partial charge in [-0.1, -0.05) is 13.3 Å². The number of aliphatic hydroxyl groups is 2. The number of rotatable bonds is 5. The minimum Gasteiger partial charge on any atom is -0.396 e. The predicted molar refractivity (Wildman–Crippen MR) is 49.4 cm³/mol. The zero-order chi connectivity index (χ0) is 12.1. The van der Waals surface area contributed by atoms with Crippen LogP contribution < -0.4 is 0 Å². The highest BCUT2D eigenvalue weighted by Gasteiger charge is 2.42. The molecule has 0 aromatic carbocycles. The fourth-order valence-corrected chi connectivity index (χ4v) is 1.02. The SMILES string of the molecule is CCCC(O)C(O)(OC(C)=O)OC(C)=O. The number of esters is 2. The lowest BCUT2D eigenvalue weighted by molar-refractivity contribution is -0.360. The summed E-state index contributed by atoms with van der Waals surface area (Å²) in [7, 11) is 0. The van der Waals surface area contributed by atoms with Crippen molar-refractivity contribution < 1.29 is 29.3 Å². The van der Waals surface area contributed by atoms with Crippen molar-refractivity contribution in [1.82, 2.24) is 0 Å². The van der Waals surface area contributed by atoms with Crippen LogP contribution >= 0.6 is 0 Å². The Kier molecular flexibility index (Phi) is 5.24. The third-order valence-corrected chi connectivity index (χ3v) is 1.56. The Bertz CT molecular complexity index is 221. The van der Waals surface area contributed by atoms with E-state index < -0.39 is 24.0 Å². The van der Waals surface area contributed by atoms with Crippen molar-refractivity contribution in [2.24, 2.45) is 0 Å². The maximum Gasteiger partial charge on any atom is 0.401 e. The summed E-state index contributed by atoms with van der Waals surface area (Å²) in [4.78, 5) is 21.3. The summed E-state index contributed by atoms with van der Waals surface area (Å²) in [5.41, 5.74) is 0. The second kappa shape index (κ2) is 5.67. The van der Waals surface area contributed by atoms with Crippen LogP contribution in [0.2, 0.25) is 0 Å². The normalized spacial score (nSPS) is 13.1. The zero-order valence-electron chi connectivity index (χ0n) is 9.02. The average molecular weight is 220 g/mol. The molecule has 88 valence electrons. The lowest BCUT2D eigenvalue weighted by Gasteiger charge is -2.29. The highest BCUT2D eigenvalue weighted by Crippen LogP contribution is 2.19. The van der Waals surface area contributed by atoms with Crippen molar-refractivity contribution in [2.75, 3.05) is 0 Å². The zero-order valence-corrected chi connectivity index (χ0v) is 9.02. The molecule has 0 aliphatic carbocycles. The molecule has 0 saturated heterocycles. The Labute approximate surface area is 87.8 Å². The summed E-state index contributed by atoms with van der Waals surface area (Å²) in [6, 6.07) is 0. The van der Waals surface area contributed by atoms with Gasteiger partial charge in [-0.05, 0) is 6.42 Å². The molecule has 0 amide bonds. The highest BCUT2D eigenvalue weighted by molar-refractivity contribution is 5.68. The van der Waals surface area contributed by atoms with Gasteiger partial charge in [0, 0.05) is 13.8 Å². The molecule has 0 heterocycles. The first-order valence-electron chi connectivity index (χ1n) is 4.61. The lowest BCUT2D eigenvalue weighted by Crippen LogP contribution is -2.49. The summed E-state index contributed by atoms with van der Waals surface area (Å²) < 4.78 is 8.77. The molecule has 0 aliphatic heterocycles. The second-order valence-corrected chi connectivity index (χ2v) is 3.12. The van der Waals surface area contributed by atoms with Crippen LogP contribution in [-0.2, 0) is 19.1 Å². The van der Waals surface area contributed by atoms with Gasteiger partial charge in [0.1, 0.15) is 0 Å². The number of carbonyl (C=O) groups excluding carboxylic acids is 2. The third-order valence-electron chi connectivity index (χ3n) is 1.56. The fraction of sp³-hybridized carbons (Fsp3) is 0.778. The van der Waals surface area contributed by atoms with Gasteiger partial charge in [0.2, 0.25) is 0 Å². The summed E-state index contributed by atoms with van der Waals surface area (Å²) in [6.07, 6.45) is -0.793. The number of aliphatic hydroxyl groups excluding tert-OH is 1. The summed E-state index contributed by atoms with van der Waals surface area (Å²) >= 11 is 0. The van der Waals surface area contributed by atoms with Gasteiger partial charge < -0.3 is 19.7 Å². The largest absolute Gasteiger partial charge is 0.401 e. The van der Waals surface area contributed by atoms with Gasteiger partial charge in [-0.15, -0.1) is 0 Å². The van der Waals surface area contributed by atoms with E-state index in [-0.39, 0.29) is 6.42 Å². The molecule has 0 spiro atoms. The lowest BCUT2D eigenvalue weighted by atomic mass is 10.2. The van der Waals surface area contributed by atoms with Crippen molar-refractivity contribution >= 4 is 11.9 Å². The van der Waals surface area contributed by atoms with Crippen molar-refractivity contribution in [1.29, 1.82) is 0 Å². The molecule has 6 heteroatoms. The van der Waals surface area contributed by atoms with Crippen LogP contribution in [-0.4, -0.2) is 34.2 Å². The van der Waals surface area contributed by atoms with E-state index in [0.717, 1.165) is 13.8 Å². The Morgan fingerprint density at radius 3 is 1.93 bits per heavy atom. The van der Waals surface area contributed by atoms with E-state index in [0.29, 0.717) is 6.42 Å². The minimum atomic E-state index is -2.59. The topological polar surface area (TPSA) is 93.1 Å². The van der Waals surface area contributed by atoms with E-state index in [1.807, 2.05) is 0 Å². The number of ether oxygens (including phenoxy) is 2. The van der Waals surface area contributed by atoms with Gasteiger partial charge in [0.05, 0.1) is 0 Å². The van der Waals surface area contributed by atoms with Crippen molar-refractivity contribution in [3.63, 3.8) is 0 Å². The molecule has 0 rings (SSSR count). The van der Waals surface area contributed by atoms with E-state index in [4.69, 9.17) is 0 Å². The summed E-state index contributed by atoms with van der Waals surface area (Å²) in [5.74, 6) is -4.30. The molecule has 1 unspecified atom stereocenters. The monoisotopic (exact) mass is 220 g/mol. The standard InChI is InChI=1S/C9H16O6/c1-4-5-8(12)9(13,14-6(2)10)15-7(3)11/h8,12-13H,4-5H2,1-3H3. The van der Waals surface area contributed by atoms with Gasteiger partial charge in [-0.3, -0.25) is 9.59 Å². The Balaban J connectivity index is 4.66. The summed E-state index contributed by atoms with van der Waals surface area (Å²) in [5, 5.41) is 19.1. The Hall–Kier alpha value is -1.14. The maximum atomic E-state index is 10.7. The number of hydrogen-bond acceptors (Lipinski definition) is 6. The van der Waals surface area contributed by atoms with Crippen LogP contribution in [0.25, 0.3) is 0 Å². The molecule has 0 fully saturated rings. The highest BCUT2D eigenvalue weighted by atomic mass is 16.8. The first kappa shape index (κ1) is 13.9. The molecule has 0 bridgehead atoms. The van der Waals surface area contributed by atoms with Gasteiger partial charge in [0.25, 0.3) is 0 Å². The molecule has 2 N–H and O–H groups in total. The molecule has 0 radical (unpaired) electrons. The van der Waals surface area contributed by atoms with Crippen LogP contribution in [0.5, 0.6) is 0 Å². The van der Waals surface area contributed by atoms with Crippen LogP contribution in [0.1, 0.15) is 33.6 Å². The first-order valence-corrected chi connectivity index (χ1v) is 4.61. The van der Waals surface area contributed by atoms with Gasteiger partial charge in [-0.2, -0.15) is 0 Å². The van der Waals surface area contributed by atoms with Gasteiger partial charge in [0.15, 0.2) is 6.10 Å². The molecule has 0 aromatic rings. The van der Waals surface area contributed by atoms with Crippen LogP contribution in [0.15, 0.2) is 0 Å². The van der Waals surface area contributed by atoms with E-state index in [2.05, 4.69) is 9.47 Å². The smallest absolute Gasteiger partial charge is 0.396 e. The van der Waals surface area contributed by atoms with Crippen molar-refractivity contribution in [3.05, 3.63) is 0 Å². The van der Waals surface area contributed by atoms with Crippen LogP contribution in [0, 0.1) is 0 Å². The third kappa shape index (κ3) is 4.75. The van der Waals surface area contributed by atoms with Crippen molar-refractivity contribution in [2.45, 2.75) is 45.7 Å². The Morgan fingerprint density at radius 2 is 1.67 bits per heavy atom. The maximum absolute atomic E-state index is 10.7. The fourth-order valence-electron chi connectivity index (χ4n) is 1.02. The van der Waals surface area contributed by atoms with E-state index in [1.165, 1.54) is 0 Å². The Morgan fingerprint density at radius 1 is 1.27 bits per heavy atom. The van der Waals surface area contributed by atoms with E-state index >= 15 is 0 Å².